The molecule has 3 heteroatoms. The first-order valence-electron chi connectivity index (χ1n) is 5.19. The van der Waals surface area contributed by atoms with Gasteiger partial charge >= 0.3 is 0 Å². The third-order valence-corrected chi connectivity index (χ3v) is 2.58. The summed E-state index contributed by atoms with van der Waals surface area (Å²) in [7, 11) is 0. The average molecular weight is 214 g/mol. The second kappa shape index (κ2) is 5.21. The zero-order valence-corrected chi connectivity index (χ0v) is 9.00. The zero-order valence-electron chi connectivity index (χ0n) is 9.00. The molecular formula is C12H16F2O. The van der Waals surface area contributed by atoms with Crippen molar-refractivity contribution >= 4 is 0 Å². The van der Waals surface area contributed by atoms with Crippen LogP contribution >= 0.6 is 0 Å². The summed E-state index contributed by atoms with van der Waals surface area (Å²) in [5, 5.41) is 9.82. The van der Waals surface area contributed by atoms with E-state index in [-0.39, 0.29) is 11.5 Å². The Morgan fingerprint density at radius 1 is 1.33 bits per heavy atom. The van der Waals surface area contributed by atoms with Gasteiger partial charge in [0.05, 0.1) is 6.10 Å². The average Bonchev–Trinajstić information content (AvgIpc) is 2.21. The number of benzene rings is 1. The standard InChI is InChI=1S/C12H16F2O/c1-3-5-8(2)12(15)9-6-4-7-10(13)11(9)14/h4,6-8,12,15H,3,5H2,1-2H3. The summed E-state index contributed by atoms with van der Waals surface area (Å²) in [4.78, 5) is 0. The molecule has 0 saturated heterocycles. The number of rotatable bonds is 4. The number of hydrogen-bond acceptors (Lipinski definition) is 1. The molecule has 0 amide bonds. The molecule has 1 nitrogen and oxygen atoms in total. The highest BCUT2D eigenvalue weighted by atomic mass is 19.2. The Balaban J connectivity index is 2.90. The molecule has 0 fully saturated rings. The molecule has 15 heavy (non-hydrogen) atoms. The maximum Gasteiger partial charge on any atom is 0.164 e. The molecule has 84 valence electrons. The number of halogens is 2. The van der Waals surface area contributed by atoms with Crippen LogP contribution in [0.25, 0.3) is 0 Å². The normalized spacial score (nSPS) is 15.0. The van der Waals surface area contributed by atoms with Gasteiger partial charge in [-0.25, -0.2) is 8.78 Å². The first-order chi connectivity index (χ1) is 7.07. The van der Waals surface area contributed by atoms with Crippen molar-refractivity contribution in [3.63, 3.8) is 0 Å². The molecule has 1 rings (SSSR count). The number of hydrogen-bond donors (Lipinski definition) is 1. The van der Waals surface area contributed by atoms with Gasteiger partial charge in [-0.1, -0.05) is 32.4 Å². The van der Waals surface area contributed by atoms with E-state index < -0.39 is 17.7 Å². The van der Waals surface area contributed by atoms with Gasteiger partial charge in [-0.2, -0.15) is 0 Å². The minimum Gasteiger partial charge on any atom is -0.388 e. The molecular weight excluding hydrogens is 198 g/mol. The third-order valence-electron chi connectivity index (χ3n) is 2.58. The summed E-state index contributed by atoms with van der Waals surface area (Å²) < 4.78 is 26.2. The van der Waals surface area contributed by atoms with Gasteiger partial charge in [-0.15, -0.1) is 0 Å². The van der Waals surface area contributed by atoms with E-state index in [0.29, 0.717) is 0 Å². The second-order valence-electron chi connectivity index (χ2n) is 3.85. The Kier molecular flexibility index (Phi) is 4.21. The highest BCUT2D eigenvalue weighted by Crippen LogP contribution is 2.27. The van der Waals surface area contributed by atoms with Crippen molar-refractivity contribution < 1.29 is 13.9 Å². The SMILES string of the molecule is CCCC(C)C(O)c1cccc(F)c1F. The maximum absolute atomic E-state index is 13.3. The Labute approximate surface area is 88.7 Å². The van der Waals surface area contributed by atoms with E-state index in [0.717, 1.165) is 18.9 Å². The van der Waals surface area contributed by atoms with Gasteiger partial charge in [0.1, 0.15) is 0 Å². The molecule has 0 aromatic heterocycles. The van der Waals surface area contributed by atoms with Crippen LogP contribution in [0.15, 0.2) is 18.2 Å². The lowest BCUT2D eigenvalue weighted by molar-refractivity contribution is 0.107. The zero-order chi connectivity index (χ0) is 11.4. The van der Waals surface area contributed by atoms with Crippen molar-refractivity contribution in [2.24, 2.45) is 5.92 Å². The largest absolute Gasteiger partial charge is 0.388 e. The van der Waals surface area contributed by atoms with Crippen LogP contribution in [0, 0.1) is 17.6 Å². The summed E-state index contributed by atoms with van der Waals surface area (Å²) in [5.41, 5.74) is 0.0518. The van der Waals surface area contributed by atoms with Crippen LogP contribution in [0.4, 0.5) is 8.78 Å². The monoisotopic (exact) mass is 214 g/mol. The maximum atomic E-state index is 13.3. The lowest BCUT2D eigenvalue weighted by atomic mass is 9.93. The van der Waals surface area contributed by atoms with Crippen LogP contribution in [-0.2, 0) is 0 Å². The molecule has 2 atom stereocenters. The topological polar surface area (TPSA) is 20.2 Å². The number of aliphatic hydroxyl groups is 1. The van der Waals surface area contributed by atoms with Crippen molar-refractivity contribution in [1.29, 1.82) is 0 Å². The van der Waals surface area contributed by atoms with E-state index in [1.54, 1.807) is 0 Å². The van der Waals surface area contributed by atoms with Crippen molar-refractivity contribution in [3.8, 4) is 0 Å². The van der Waals surface area contributed by atoms with Gasteiger partial charge < -0.3 is 5.11 Å². The van der Waals surface area contributed by atoms with Crippen LogP contribution in [0.2, 0.25) is 0 Å². The second-order valence-corrected chi connectivity index (χ2v) is 3.85. The predicted molar refractivity (Wildman–Crippen MR) is 55.4 cm³/mol. The first-order valence-corrected chi connectivity index (χ1v) is 5.19. The summed E-state index contributed by atoms with van der Waals surface area (Å²) >= 11 is 0. The minimum atomic E-state index is -0.937. The molecule has 1 N–H and O–H groups in total. The van der Waals surface area contributed by atoms with E-state index in [9.17, 15) is 13.9 Å². The fraction of sp³-hybridized carbons (Fsp3) is 0.500. The lowest BCUT2D eigenvalue weighted by Crippen LogP contribution is -2.11. The van der Waals surface area contributed by atoms with E-state index in [4.69, 9.17) is 0 Å². The number of aliphatic hydroxyl groups excluding tert-OH is 1. The van der Waals surface area contributed by atoms with Crippen molar-refractivity contribution in [3.05, 3.63) is 35.4 Å². The van der Waals surface area contributed by atoms with Crippen LogP contribution in [-0.4, -0.2) is 5.11 Å². The fourth-order valence-electron chi connectivity index (χ4n) is 1.67. The highest BCUT2D eigenvalue weighted by Gasteiger charge is 2.20. The summed E-state index contributed by atoms with van der Waals surface area (Å²) in [6, 6.07) is 3.89. The molecule has 0 spiro atoms. The van der Waals surface area contributed by atoms with Gasteiger partial charge in [0.2, 0.25) is 0 Å². The third kappa shape index (κ3) is 2.75. The van der Waals surface area contributed by atoms with Gasteiger partial charge in [-0.3, -0.25) is 0 Å². The quantitative estimate of drug-likeness (QED) is 0.814. The van der Waals surface area contributed by atoms with Gasteiger partial charge in [0.15, 0.2) is 11.6 Å². The molecule has 0 radical (unpaired) electrons. The van der Waals surface area contributed by atoms with Crippen molar-refractivity contribution in [2.75, 3.05) is 0 Å². The Hall–Kier alpha value is -0.960. The predicted octanol–water partition coefficient (Wildman–Crippen LogP) is 3.43. The summed E-state index contributed by atoms with van der Waals surface area (Å²) in [6.07, 6.45) is 0.771. The Morgan fingerprint density at radius 3 is 2.60 bits per heavy atom. The molecule has 2 unspecified atom stereocenters. The molecule has 0 saturated carbocycles. The van der Waals surface area contributed by atoms with Crippen LogP contribution in [0.5, 0.6) is 0 Å². The molecule has 1 aromatic rings. The molecule has 0 aliphatic rings. The first kappa shape index (κ1) is 12.1. The minimum absolute atomic E-state index is 0.0518. The van der Waals surface area contributed by atoms with Crippen LogP contribution in [0.3, 0.4) is 0 Å². The highest BCUT2D eigenvalue weighted by molar-refractivity contribution is 5.21. The fourth-order valence-corrected chi connectivity index (χ4v) is 1.67. The van der Waals surface area contributed by atoms with Crippen molar-refractivity contribution in [1.82, 2.24) is 0 Å². The van der Waals surface area contributed by atoms with Gasteiger partial charge in [-0.05, 0) is 18.4 Å². The molecule has 0 aliphatic carbocycles. The van der Waals surface area contributed by atoms with E-state index in [2.05, 4.69) is 0 Å². The smallest absolute Gasteiger partial charge is 0.164 e. The van der Waals surface area contributed by atoms with Crippen molar-refractivity contribution in [2.45, 2.75) is 32.8 Å². The molecule has 1 aromatic carbocycles. The van der Waals surface area contributed by atoms with E-state index >= 15 is 0 Å². The molecule has 0 aliphatic heterocycles. The Morgan fingerprint density at radius 2 is 2.00 bits per heavy atom. The molecule has 0 bridgehead atoms. The molecule has 0 heterocycles. The van der Waals surface area contributed by atoms with Crippen LogP contribution < -0.4 is 0 Å². The van der Waals surface area contributed by atoms with E-state index in [1.807, 2.05) is 13.8 Å². The Bertz CT molecular complexity index is 325. The van der Waals surface area contributed by atoms with Gasteiger partial charge in [0, 0.05) is 5.56 Å². The van der Waals surface area contributed by atoms with E-state index in [1.165, 1.54) is 12.1 Å². The summed E-state index contributed by atoms with van der Waals surface area (Å²) in [6.45, 7) is 3.82. The summed E-state index contributed by atoms with van der Waals surface area (Å²) in [5.74, 6) is -1.91. The van der Waals surface area contributed by atoms with Crippen LogP contribution in [0.1, 0.15) is 38.4 Å². The van der Waals surface area contributed by atoms with Gasteiger partial charge in [0.25, 0.3) is 0 Å². The lowest BCUT2D eigenvalue weighted by Gasteiger charge is -2.19.